The molecule has 0 aromatic heterocycles. The number of carbonyl (C=O) groups is 2. The Morgan fingerprint density at radius 3 is 2.36 bits per heavy atom. The zero-order valence-corrected chi connectivity index (χ0v) is 8.78. The van der Waals surface area contributed by atoms with E-state index in [1.807, 2.05) is 13.8 Å². The average molecular weight is 202 g/mol. The van der Waals surface area contributed by atoms with Crippen molar-refractivity contribution in [3.8, 4) is 0 Å². The summed E-state index contributed by atoms with van der Waals surface area (Å²) < 4.78 is 5.02. The van der Waals surface area contributed by atoms with Crippen LogP contribution in [0.2, 0.25) is 0 Å². The van der Waals surface area contributed by atoms with Gasteiger partial charge in [-0.3, -0.25) is 9.59 Å². The van der Waals surface area contributed by atoms with E-state index in [9.17, 15) is 9.59 Å². The van der Waals surface area contributed by atoms with Gasteiger partial charge < -0.3 is 9.84 Å². The standard InChI is InChI=1S/C10H18O4/c1-3-8(2)14-10(13)7-5-4-6-9(11)12/h8H,3-7H2,1-2H3,(H,11,12). The molecule has 0 bridgehead atoms. The fourth-order valence-corrected chi connectivity index (χ4v) is 0.912. The summed E-state index contributed by atoms with van der Waals surface area (Å²) in [5.41, 5.74) is 0. The summed E-state index contributed by atoms with van der Waals surface area (Å²) in [6, 6.07) is 0. The largest absolute Gasteiger partial charge is 0.481 e. The van der Waals surface area contributed by atoms with Crippen molar-refractivity contribution in [3.05, 3.63) is 0 Å². The molecule has 0 saturated carbocycles. The van der Waals surface area contributed by atoms with Crippen LogP contribution in [0.3, 0.4) is 0 Å². The van der Waals surface area contributed by atoms with Crippen molar-refractivity contribution in [3.63, 3.8) is 0 Å². The van der Waals surface area contributed by atoms with Gasteiger partial charge in [0.1, 0.15) is 0 Å². The maximum Gasteiger partial charge on any atom is 0.306 e. The van der Waals surface area contributed by atoms with E-state index in [1.165, 1.54) is 0 Å². The Morgan fingerprint density at radius 1 is 1.29 bits per heavy atom. The highest BCUT2D eigenvalue weighted by atomic mass is 16.5. The smallest absolute Gasteiger partial charge is 0.306 e. The van der Waals surface area contributed by atoms with Crippen LogP contribution in [0.4, 0.5) is 0 Å². The van der Waals surface area contributed by atoms with E-state index < -0.39 is 5.97 Å². The lowest BCUT2D eigenvalue weighted by molar-refractivity contribution is -0.148. The Bertz CT molecular complexity index is 189. The molecule has 0 aromatic rings. The molecule has 0 aromatic carbocycles. The first-order valence-corrected chi connectivity index (χ1v) is 4.97. The lowest BCUT2D eigenvalue weighted by Gasteiger charge is -2.10. The number of carboxylic acids is 1. The highest BCUT2D eigenvalue weighted by molar-refractivity contribution is 5.69. The predicted molar refractivity (Wildman–Crippen MR) is 51.9 cm³/mol. The summed E-state index contributed by atoms with van der Waals surface area (Å²) in [6.45, 7) is 3.79. The number of hydrogen-bond donors (Lipinski definition) is 1. The highest BCUT2D eigenvalue weighted by Crippen LogP contribution is 2.04. The van der Waals surface area contributed by atoms with Gasteiger partial charge in [-0.05, 0) is 26.2 Å². The predicted octanol–water partition coefficient (Wildman–Crippen LogP) is 1.97. The molecule has 4 heteroatoms. The molecule has 0 spiro atoms. The third kappa shape index (κ3) is 7.58. The molecule has 0 amide bonds. The Labute approximate surface area is 84.3 Å². The fourth-order valence-electron chi connectivity index (χ4n) is 0.912. The third-order valence-electron chi connectivity index (χ3n) is 1.93. The van der Waals surface area contributed by atoms with Gasteiger partial charge in [0.2, 0.25) is 0 Å². The van der Waals surface area contributed by atoms with E-state index in [0.29, 0.717) is 19.3 Å². The lowest BCUT2D eigenvalue weighted by atomic mass is 10.2. The Morgan fingerprint density at radius 2 is 1.86 bits per heavy atom. The average Bonchev–Trinajstić information content (AvgIpc) is 2.12. The number of rotatable bonds is 7. The van der Waals surface area contributed by atoms with Crippen LogP contribution in [-0.4, -0.2) is 23.1 Å². The highest BCUT2D eigenvalue weighted by Gasteiger charge is 2.07. The third-order valence-corrected chi connectivity index (χ3v) is 1.93. The molecule has 0 fully saturated rings. The first-order chi connectivity index (χ1) is 6.56. The van der Waals surface area contributed by atoms with Crippen LogP contribution in [0.25, 0.3) is 0 Å². The molecule has 82 valence electrons. The van der Waals surface area contributed by atoms with E-state index >= 15 is 0 Å². The van der Waals surface area contributed by atoms with E-state index in [-0.39, 0.29) is 18.5 Å². The van der Waals surface area contributed by atoms with Gasteiger partial charge in [-0.2, -0.15) is 0 Å². The van der Waals surface area contributed by atoms with Crippen LogP contribution in [0, 0.1) is 0 Å². The summed E-state index contributed by atoms with van der Waals surface area (Å²) >= 11 is 0. The van der Waals surface area contributed by atoms with Crippen LogP contribution in [0.1, 0.15) is 46.0 Å². The van der Waals surface area contributed by atoms with E-state index in [1.54, 1.807) is 0 Å². The monoisotopic (exact) mass is 202 g/mol. The number of ether oxygens (including phenoxy) is 1. The van der Waals surface area contributed by atoms with Gasteiger partial charge in [-0.1, -0.05) is 6.92 Å². The maximum absolute atomic E-state index is 11.1. The Hall–Kier alpha value is -1.06. The molecule has 0 saturated heterocycles. The number of unbranched alkanes of at least 4 members (excludes halogenated alkanes) is 1. The fraction of sp³-hybridized carbons (Fsp3) is 0.800. The summed E-state index contributed by atoms with van der Waals surface area (Å²) in [5.74, 6) is -1.05. The molecule has 1 N–H and O–H groups in total. The van der Waals surface area contributed by atoms with E-state index in [0.717, 1.165) is 6.42 Å². The second-order valence-electron chi connectivity index (χ2n) is 3.31. The van der Waals surface area contributed by atoms with E-state index in [2.05, 4.69) is 0 Å². The van der Waals surface area contributed by atoms with Crippen molar-refractivity contribution in [2.75, 3.05) is 0 Å². The maximum atomic E-state index is 11.1. The number of esters is 1. The molecular formula is C10H18O4. The van der Waals surface area contributed by atoms with Crippen LogP contribution >= 0.6 is 0 Å². The SMILES string of the molecule is CCC(C)OC(=O)CCCCC(=O)O. The topological polar surface area (TPSA) is 63.6 Å². The number of carbonyl (C=O) groups excluding carboxylic acids is 1. The van der Waals surface area contributed by atoms with Crippen molar-refractivity contribution < 1.29 is 19.4 Å². The van der Waals surface area contributed by atoms with Gasteiger partial charge in [0.25, 0.3) is 0 Å². The van der Waals surface area contributed by atoms with Gasteiger partial charge in [0, 0.05) is 12.8 Å². The van der Waals surface area contributed by atoms with Crippen LogP contribution in [0.15, 0.2) is 0 Å². The molecule has 1 unspecified atom stereocenters. The van der Waals surface area contributed by atoms with Crippen LogP contribution in [0.5, 0.6) is 0 Å². The zero-order valence-electron chi connectivity index (χ0n) is 8.78. The number of hydrogen-bond acceptors (Lipinski definition) is 3. The van der Waals surface area contributed by atoms with Gasteiger partial charge in [0.15, 0.2) is 0 Å². The molecule has 1 atom stereocenters. The van der Waals surface area contributed by atoms with Gasteiger partial charge in [-0.15, -0.1) is 0 Å². The molecule has 0 radical (unpaired) electrons. The molecule has 0 aliphatic carbocycles. The second-order valence-corrected chi connectivity index (χ2v) is 3.31. The molecule has 0 aliphatic heterocycles. The summed E-state index contributed by atoms with van der Waals surface area (Å²) in [5, 5.41) is 8.35. The summed E-state index contributed by atoms with van der Waals surface area (Å²) in [6.07, 6.45) is 2.32. The molecule has 4 nitrogen and oxygen atoms in total. The van der Waals surface area contributed by atoms with Gasteiger partial charge in [-0.25, -0.2) is 0 Å². The first kappa shape index (κ1) is 12.9. The Balaban J connectivity index is 3.40. The van der Waals surface area contributed by atoms with Crippen LogP contribution < -0.4 is 0 Å². The summed E-state index contributed by atoms with van der Waals surface area (Å²) in [7, 11) is 0. The Kier molecular flexibility index (Phi) is 6.80. The molecule has 0 rings (SSSR count). The lowest BCUT2D eigenvalue weighted by Crippen LogP contribution is -2.13. The minimum atomic E-state index is -0.819. The number of aliphatic carboxylic acids is 1. The molecular weight excluding hydrogens is 184 g/mol. The van der Waals surface area contributed by atoms with Crippen molar-refractivity contribution in [2.45, 2.75) is 52.1 Å². The van der Waals surface area contributed by atoms with Crippen molar-refractivity contribution in [1.82, 2.24) is 0 Å². The summed E-state index contributed by atoms with van der Waals surface area (Å²) in [4.78, 5) is 21.2. The molecule has 0 heterocycles. The second kappa shape index (κ2) is 7.35. The molecule has 14 heavy (non-hydrogen) atoms. The molecule has 0 aliphatic rings. The minimum absolute atomic E-state index is 0.0398. The van der Waals surface area contributed by atoms with Gasteiger partial charge in [0.05, 0.1) is 6.10 Å². The first-order valence-electron chi connectivity index (χ1n) is 4.97. The zero-order chi connectivity index (χ0) is 11.0. The van der Waals surface area contributed by atoms with Crippen LogP contribution in [-0.2, 0) is 14.3 Å². The van der Waals surface area contributed by atoms with Crippen molar-refractivity contribution >= 4 is 11.9 Å². The van der Waals surface area contributed by atoms with Crippen molar-refractivity contribution in [1.29, 1.82) is 0 Å². The quantitative estimate of drug-likeness (QED) is 0.506. The number of carboxylic acid groups (broad SMARTS) is 1. The normalized spacial score (nSPS) is 12.1. The van der Waals surface area contributed by atoms with Gasteiger partial charge >= 0.3 is 11.9 Å². The van der Waals surface area contributed by atoms with Crippen molar-refractivity contribution in [2.24, 2.45) is 0 Å². The van der Waals surface area contributed by atoms with E-state index in [4.69, 9.17) is 9.84 Å². The minimum Gasteiger partial charge on any atom is -0.481 e.